The zero-order chi connectivity index (χ0) is 10.4. The Balaban J connectivity index is 2.29. The Kier molecular flexibility index (Phi) is 4.39. The summed E-state index contributed by atoms with van der Waals surface area (Å²) in [5.41, 5.74) is 10.5. The van der Waals surface area contributed by atoms with Gasteiger partial charge in [-0.15, -0.1) is 0 Å². The lowest BCUT2D eigenvalue weighted by atomic mass is 10.2. The van der Waals surface area contributed by atoms with Crippen molar-refractivity contribution in [3.8, 4) is 0 Å². The number of hydrogen-bond donors (Lipinski definition) is 3. The molecule has 1 amide bonds. The molecule has 5 N–H and O–H groups in total. The summed E-state index contributed by atoms with van der Waals surface area (Å²) in [6.45, 7) is 1.25. The summed E-state index contributed by atoms with van der Waals surface area (Å²) in [5.74, 6) is 0.478. The number of nitrogens with one attached hydrogen (secondary N) is 1. The maximum atomic E-state index is 10.7. The summed E-state index contributed by atoms with van der Waals surface area (Å²) < 4.78 is 0. The van der Waals surface area contributed by atoms with Crippen LogP contribution in [0.1, 0.15) is 25.7 Å². The van der Waals surface area contributed by atoms with Crippen molar-refractivity contribution in [2.24, 2.45) is 16.5 Å². The van der Waals surface area contributed by atoms with Gasteiger partial charge < -0.3 is 16.8 Å². The Morgan fingerprint density at radius 3 is 3.00 bits per heavy atom. The highest BCUT2D eigenvalue weighted by atomic mass is 16.1. The van der Waals surface area contributed by atoms with Crippen molar-refractivity contribution in [3.05, 3.63) is 0 Å². The Hall–Kier alpha value is -1.10. The van der Waals surface area contributed by atoms with Crippen LogP contribution in [0.15, 0.2) is 4.99 Å². The Bertz CT molecular complexity index is 227. The second kappa shape index (κ2) is 5.59. The Morgan fingerprint density at radius 1 is 1.50 bits per heavy atom. The molecule has 1 unspecified atom stereocenters. The van der Waals surface area contributed by atoms with Gasteiger partial charge in [0.25, 0.3) is 0 Å². The van der Waals surface area contributed by atoms with E-state index in [9.17, 15) is 4.79 Å². The number of nitrogens with zero attached hydrogens (tertiary/aromatic N) is 1. The quantitative estimate of drug-likeness (QED) is 0.563. The molecular formula is C9H18N4O. The van der Waals surface area contributed by atoms with Gasteiger partial charge >= 0.3 is 0 Å². The smallest absolute Gasteiger partial charge is 0.236 e. The highest BCUT2D eigenvalue weighted by Gasteiger charge is 2.10. The van der Waals surface area contributed by atoms with Gasteiger partial charge in [-0.25, -0.2) is 0 Å². The minimum absolute atomic E-state index is 0.383. The highest BCUT2D eigenvalue weighted by Crippen LogP contribution is 2.05. The average molecular weight is 198 g/mol. The standard InChI is InChI=1S/C9H18N4O/c10-7(9(11)14)6-13-8-4-2-1-3-5-12-8/h7H,1-6,10H2,(H2,11,14)(H,12,13). The molecule has 0 aromatic rings. The van der Waals surface area contributed by atoms with Crippen molar-refractivity contribution in [3.63, 3.8) is 0 Å². The van der Waals surface area contributed by atoms with E-state index < -0.39 is 11.9 Å². The van der Waals surface area contributed by atoms with Crippen LogP contribution in [0.2, 0.25) is 0 Å². The maximum absolute atomic E-state index is 10.7. The van der Waals surface area contributed by atoms with E-state index in [2.05, 4.69) is 10.3 Å². The molecule has 0 spiro atoms. The van der Waals surface area contributed by atoms with Crippen molar-refractivity contribution >= 4 is 11.7 Å². The van der Waals surface area contributed by atoms with Gasteiger partial charge in [0.15, 0.2) is 0 Å². The first kappa shape index (κ1) is 11.0. The van der Waals surface area contributed by atoms with E-state index in [4.69, 9.17) is 11.5 Å². The topological polar surface area (TPSA) is 93.5 Å². The fraction of sp³-hybridized carbons (Fsp3) is 0.778. The predicted octanol–water partition coefficient (Wildman–Crippen LogP) is -0.639. The first-order valence-corrected chi connectivity index (χ1v) is 5.02. The molecule has 0 saturated carbocycles. The summed E-state index contributed by atoms with van der Waals surface area (Å²) in [7, 11) is 0. The van der Waals surface area contributed by atoms with Crippen LogP contribution in [0.3, 0.4) is 0 Å². The van der Waals surface area contributed by atoms with E-state index >= 15 is 0 Å². The van der Waals surface area contributed by atoms with Gasteiger partial charge in [-0.05, 0) is 12.8 Å². The van der Waals surface area contributed by atoms with Crippen molar-refractivity contribution in [1.29, 1.82) is 0 Å². The molecule has 0 saturated heterocycles. The van der Waals surface area contributed by atoms with E-state index in [0.29, 0.717) is 6.54 Å². The lowest BCUT2D eigenvalue weighted by Gasteiger charge is -2.11. The van der Waals surface area contributed by atoms with Gasteiger partial charge in [-0.2, -0.15) is 0 Å². The molecule has 0 aromatic carbocycles. The van der Waals surface area contributed by atoms with E-state index in [1.54, 1.807) is 0 Å². The predicted molar refractivity (Wildman–Crippen MR) is 55.9 cm³/mol. The van der Waals surface area contributed by atoms with Gasteiger partial charge in [0.2, 0.25) is 5.91 Å². The number of carbonyl (C=O) groups excluding carboxylic acids is 1. The Labute approximate surface area is 83.9 Å². The number of nitrogens with two attached hydrogens (primary N) is 2. The molecule has 1 aliphatic rings. The molecule has 1 heterocycles. The minimum atomic E-state index is -0.624. The molecule has 0 fully saturated rings. The third-order valence-electron chi connectivity index (χ3n) is 2.27. The van der Waals surface area contributed by atoms with Gasteiger partial charge in [0.1, 0.15) is 6.04 Å². The van der Waals surface area contributed by atoms with Crippen LogP contribution >= 0.6 is 0 Å². The third-order valence-corrected chi connectivity index (χ3v) is 2.27. The van der Waals surface area contributed by atoms with Gasteiger partial charge in [0.05, 0.1) is 5.84 Å². The fourth-order valence-electron chi connectivity index (χ4n) is 1.35. The number of rotatable bonds is 3. The second-order valence-corrected chi connectivity index (χ2v) is 3.53. The zero-order valence-electron chi connectivity index (χ0n) is 8.33. The summed E-state index contributed by atoms with van der Waals surface area (Å²) in [6.07, 6.45) is 4.47. The fourth-order valence-corrected chi connectivity index (χ4v) is 1.35. The molecule has 1 atom stereocenters. The van der Waals surface area contributed by atoms with E-state index in [1.807, 2.05) is 0 Å². The van der Waals surface area contributed by atoms with Crippen LogP contribution in [0.5, 0.6) is 0 Å². The molecule has 5 nitrogen and oxygen atoms in total. The molecule has 0 aliphatic carbocycles. The van der Waals surface area contributed by atoms with Crippen molar-refractivity contribution in [2.75, 3.05) is 13.1 Å². The van der Waals surface area contributed by atoms with E-state index in [0.717, 1.165) is 31.6 Å². The minimum Gasteiger partial charge on any atom is -0.372 e. The largest absolute Gasteiger partial charge is 0.372 e. The summed E-state index contributed by atoms with van der Waals surface area (Å²) in [6, 6.07) is -0.624. The van der Waals surface area contributed by atoms with Crippen molar-refractivity contribution in [1.82, 2.24) is 5.32 Å². The summed E-state index contributed by atoms with van der Waals surface area (Å²) in [5, 5.41) is 3.07. The van der Waals surface area contributed by atoms with Crippen LogP contribution in [-0.4, -0.2) is 30.9 Å². The molecule has 1 rings (SSSR count). The summed E-state index contributed by atoms with van der Waals surface area (Å²) in [4.78, 5) is 15.0. The lowest BCUT2D eigenvalue weighted by molar-refractivity contribution is -0.119. The SMILES string of the molecule is NC(=O)C(N)CNC1=NCCCCC1. The number of carbonyl (C=O) groups is 1. The van der Waals surface area contributed by atoms with E-state index in [1.165, 1.54) is 6.42 Å². The number of hydrogen-bond acceptors (Lipinski definition) is 4. The second-order valence-electron chi connectivity index (χ2n) is 3.53. The summed E-state index contributed by atoms with van der Waals surface area (Å²) >= 11 is 0. The average Bonchev–Trinajstić information content (AvgIpc) is 2.42. The molecule has 0 bridgehead atoms. The third kappa shape index (κ3) is 3.74. The number of primary amides is 1. The van der Waals surface area contributed by atoms with Crippen LogP contribution < -0.4 is 16.8 Å². The number of amidine groups is 1. The number of amides is 1. The molecule has 1 aliphatic heterocycles. The molecule has 0 aromatic heterocycles. The van der Waals surface area contributed by atoms with Crippen LogP contribution in [-0.2, 0) is 4.79 Å². The zero-order valence-corrected chi connectivity index (χ0v) is 8.33. The molecule has 0 radical (unpaired) electrons. The number of aliphatic imine (C=N–C) groups is 1. The van der Waals surface area contributed by atoms with Crippen molar-refractivity contribution in [2.45, 2.75) is 31.7 Å². The van der Waals surface area contributed by atoms with Gasteiger partial charge in [0, 0.05) is 19.5 Å². The molecule has 80 valence electrons. The van der Waals surface area contributed by atoms with Crippen LogP contribution in [0.4, 0.5) is 0 Å². The van der Waals surface area contributed by atoms with Crippen LogP contribution in [0, 0.1) is 0 Å². The van der Waals surface area contributed by atoms with E-state index in [-0.39, 0.29) is 0 Å². The molecular weight excluding hydrogens is 180 g/mol. The molecule has 5 heteroatoms. The maximum Gasteiger partial charge on any atom is 0.236 e. The van der Waals surface area contributed by atoms with Crippen LogP contribution in [0.25, 0.3) is 0 Å². The normalized spacial score (nSPS) is 19.4. The Morgan fingerprint density at radius 2 is 2.29 bits per heavy atom. The lowest BCUT2D eigenvalue weighted by Crippen LogP contribution is -2.45. The van der Waals surface area contributed by atoms with Gasteiger partial charge in [-0.1, -0.05) is 6.42 Å². The van der Waals surface area contributed by atoms with Crippen molar-refractivity contribution < 1.29 is 4.79 Å². The first-order valence-electron chi connectivity index (χ1n) is 5.02. The van der Waals surface area contributed by atoms with Gasteiger partial charge in [-0.3, -0.25) is 9.79 Å². The highest BCUT2D eigenvalue weighted by molar-refractivity contribution is 5.84. The molecule has 14 heavy (non-hydrogen) atoms. The first-order chi connectivity index (χ1) is 6.70. The monoisotopic (exact) mass is 198 g/mol.